The van der Waals surface area contributed by atoms with Crippen LogP contribution in [0.1, 0.15) is 49.5 Å². The Labute approximate surface area is 123 Å². The number of amides is 1. The van der Waals surface area contributed by atoms with Gasteiger partial charge in [0.25, 0.3) is 0 Å². The first-order valence-corrected chi connectivity index (χ1v) is 7.76. The molecule has 1 saturated carbocycles. The van der Waals surface area contributed by atoms with E-state index in [9.17, 15) is 9.59 Å². The molecule has 1 amide bonds. The Morgan fingerprint density at radius 3 is 2.75 bits per heavy atom. The lowest BCUT2D eigenvalue weighted by Crippen LogP contribution is -2.44. The zero-order chi connectivity index (χ0) is 14.9. The summed E-state index contributed by atoms with van der Waals surface area (Å²) >= 11 is 1.72. The number of hydrogen-bond acceptors (Lipinski definition) is 3. The van der Waals surface area contributed by atoms with Gasteiger partial charge in [0.2, 0.25) is 5.91 Å². The normalized spacial score (nSPS) is 21.6. The first-order valence-electron chi connectivity index (χ1n) is 6.88. The standard InChI is InChI=1S/C15H21NO3S/c1-9-5-7-20-13(9)10-8-11(10)14(19)16-15(2,3)6-4-12(17)18/h5,7,10-11H,4,6,8H2,1-3H3,(H,16,19)(H,17,18). The highest BCUT2D eigenvalue weighted by Gasteiger charge is 2.46. The molecule has 4 nitrogen and oxygen atoms in total. The molecule has 2 rings (SSSR count). The lowest BCUT2D eigenvalue weighted by atomic mass is 9.98. The summed E-state index contributed by atoms with van der Waals surface area (Å²) in [6, 6.07) is 2.09. The zero-order valence-electron chi connectivity index (χ0n) is 12.1. The molecule has 2 unspecified atom stereocenters. The first kappa shape index (κ1) is 15.0. The van der Waals surface area contributed by atoms with E-state index in [0.29, 0.717) is 12.3 Å². The summed E-state index contributed by atoms with van der Waals surface area (Å²) in [4.78, 5) is 24.2. The largest absolute Gasteiger partial charge is 0.481 e. The fraction of sp³-hybridized carbons (Fsp3) is 0.600. The summed E-state index contributed by atoms with van der Waals surface area (Å²) in [5.74, 6) is -0.370. The van der Waals surface area contributed by atoms with E-state index in [-0.39, 0.29) is 18.2 Å². The number of aryl methyl sites for hydroxylation is 1. The lowest BCUT2D eigenvalue weighted by molar-refractivity contribution is -0.138. The molecule has 1 aromatic rings. The number of carboxylic acids is 1. The predicted molar refractivity (Wildman–Crippen MR) is 79.0 cm³/mol. The third kappa shape index (κ3) is 3.60. The molecule has 2 N–H and O–H groups in total. The number of thiophene rings is 1. The van der Waals surface area contributed by atoms with E-state index in [1.165, 1.54) is 10.4 Å². The average molecular weight is 295 g/mol. The molecule has 5 heteroatoms. The SMILES string of the molecule is Cc1ccsc1C1CC1C(=O)NC(C)(C)CCC(=O)O. The first-order chi connectivity index (χ1) is 9.30. The van der Waals surface area contributed by atoms with Crippen molar-refractivity contribution < 1.29 is 14.7 Å². The molecule has 0 spiro atoms. The second-order valence-electron chi connectivity index (χ2n) is 6.18. The highest BCUT2D eigenvalue weighted by atomic mass is 32.1. The van der Waals surface area contributed by atoms with Gasteiger partial charge < -0.3 is 10.4 Å². The maximum absolute atomic E-state index is 12.2. The minimum absolute atomic E-state index is 0.0523. The minimum Gasteiger partial charge on any atom is -0.481 e. The number of carbonyl (C=O) groups excluding carboxylic acids is 1. The van der Waals surface area contributed by atoms with Gasteiger partial charge in [0.05, 0.1) is 0 Å². The van der Waals surface area contributed by atoms with Crippen molar-refractivity contribution in [1.82, 2.24) is 5.32 Å². The molecule has 1 aromatic heterocycles. The van der Waals surface area contributed by atoms with Gasteiger partial charge in [0, 0.05) is 28.7 Å². The van der Waals surface area contributed by atoms with Gasteiger partial charge in [-0.15, -0.1) is 11.3 Å². The number of nitrogens with one attached hydrogen (secondary N) is 1. The van der Waals surface area contributed by atoms with Crippen LogP contribution in [-0.2, 0) is 9.59 Å². The van der Waals surface area contributed by atoms with Crippen molar-refractivity contribution in [3.05, 3.63) is 21.9 Å². The van der Waals surface area contributed by atoms with Crippen LogP contribution in [0.4, 0.5) is 0 Å². The Kier molecular flexibility index (Phi) is 4.18. The Bertz CT molecular complexity index is 521. The molecule has 1 aliphatic carbocycles. The van der Waals surface area contributed by atoms with Crippen LogP contribution in [0.2, 0.25) is 0 Å². The van der Waals surface area contributed by atoms with Gasteiger partial charge in [0.15, 0.2) is 0 Å². The van der Waals surface area contributed by atoms with Gasteiger partial charge in [-0.1, -0.05) is 0 Å². The smallest absolute Gasteiger partial charge is 0.303 e. The van der Waals surface area contributed by atoms with Crippen molar-refractivity contribution in [3.63, 3.8) is 0 Å². The van der Waals surface area contributed by atoms with E-state index in [1.54, 1.807) is 11.3 Å². The van der Waals surface area contributed by atoms with Gasteiger partial charge in [-0.3, -0.25) is 9.59 Å². The van der Waals surface area contributed by atoms with Crippen LogP contribution in [0.15, 0.2) is 11.4 Å². The molecule has 110 valence electrons. The molecule has 0 bridgehead atoms. The Morgan fingerprint density at radius 1 is 1.50 bits per heavy atom. The molecule has 2 atom stereocenters. The topological polar surface area (TPSA) is 66.4 Å². The molecule has 20 heavy (non-hydrogen) atoms. The van der Waals surface area contributed by atoms with E-state index in [1.807, 2.05) is 13.8 Å². The monoisotopic (exact) mass is 295 g/mol. The molecule has 1 aliphatic rings. The molecule has 0 saturated heterocycles. The summed E-state index contributed by atoms with van der Waals surface area (Å²) in [6.45, 7) is 5.83. The zero-order valence-corrected chi connectivity index (χ0v) is 12.9. The summed E-state index contributed by atoms with van der Waals surface area (Å²) in [6.07, 6.45) is 1.43. The van der Waals surface area contributed by atoms with E-state index in [4.69, 9.17) is 5.11 Å². The van der Waals surface area contributed by atoms with Crippen molar-refractivity contribution in [2.45, 2.75) is 51.5 Å². The minimum atomic E-state index is -0.828. The predicted octanol–water partition coefficient (Wildman–Crippen LogP) is 2.92. The number of rotatable bonds is 6. The van der Waals surface area contributed by atoms with Crippen LogP contribution in [0.5, 0.6) is 0 Å². The Hall–Kier alpha value is -1.36. The van der Waals surface area contributed by atoms with Gasteiger partial charge >= 0.3 is 5.97 Å². The number of hydrogen-bond donors (Lipinski definition) is 2. The van der Waals surface area contributed by atoms with Crippen molar-refractivity contribution in [2.24, 2.45) is 5.92 Å². The molecule has 0 radical (unpaired) electrons. The number of aliphatic carboxylic acids is 1. The Morgan fingerprint density at radius 2 is 2.20 bits per heavy atom. The highest BCUT2D eigenvalue weighted by molar-refractivity contribution is 7.10. The molecular formula is C15H21NO3S. The van der Waals surface area contributed by atoms with Crippen molar-refractivity contribution >= 4 is 23.2 Å². The van der Waals surface area contributed by atoms with Crippen LogP contribution >= 0.6 is 11.3 Å². The summed E-state index contributed by atoms with van der Waals surface area (Å²) in [5.41, 5.74) is 0.799. The van der Waals surface area contributed by atoms with Crippen LogP contribution in [-0.4, -0.2) is 22.5 Å². The molecule has 0 aliphatic heterocycles. The quantitative estimate of drug-likeness (QED) is 0.848. The lowest BCUT2D eigenvalue weighted by Gasteiger charge is -2.25. The van der Waals surface area contributed by atoms with Crippen molar-refractivity contribution in [3.8, 4) is 0 Å². The van der Waals surface area contributed by atoms with Gasteiger partial charge in [-0.05, 0) is 50.6 Å². The van der Waals surface area contributed by atoms with Crippen LogP contribution in [0.3, 0.4) is 0 Å². The van der Waals surface area contributed by atoms with E-state index in [0.717, 1.165) is 6.42 Å². The molecule has 0 aromatic carbocycles. The number of carbonyl (C=O) groups is 2. The summed E-state index contributed by atoms with van der Waals surface area (Å²) in [5, 5.41) is 13.8. The maximum atomic E-state index is 12.2. The third-order valence-corrected chi connectivity index (χ3v) is 4.94. The van der Waals surface area contributed by atoms with Gasteiger partial charge in [-0.25, -0.2) is 0 Å². The van der Waals surface area contributed by atoms with Gasteiger partial charge in [0.1, 0.15) is 0 Å². The van der Waals surface area contributed by atoms with E-state index < -0.39 is 11.5 Å². The molecule has 1 heterocycles. The molecule has 1 fully saturated rings. The average Bonchev–Trinajstić information content (AvgIpc) is 3.02. The van der Waals surface area contributed by atoms with Crippen LogP contribution in [0.25, 0.3) is 0 Å². The molecular weight excluding hydrogens is 274 g/mol. The second-order valence-corrected chi connectivity index (χ2v) is 7.13. The fourth-order valence-electron chi connectivity index (χ4n) is 2.45. The number of carboxylic acid groups (broad SMARTS) is 1. The van der Waals surface area contributed by atoms with E-state index in [2.05, 4.69) is 23.7 Å². The van der Waals surface area contributed by atoms with Crippen LogP contribution in [0, 0.1) is 12.8 Å². The summed E-state index contributed by atoms with van der Waals surface area (Å²) in [7, 11) is 0. The van der Waals surface area contributed by atoms with Crippen molar-refractivity contribution in [2.75, 3.05) is 0 Å². The highest BCUT2D eigenvalue weighted by Crippen LogP contribution is 2.50. The van der Waals surface area contributed by atoms with Crippen molar-refractivity contribution in [1.29, 1.82) is 0 Å². The third-order valence-electron chi connectivity index (χ3n) is 3.79. The Balaban J connectivity index is 1.88. The van der Waals surface area contributed by atoms with Gasteiger partial charge in [-0.2, -0.15) is 0 Å². The second kappa shape index (κ2) is 5.56. The van der Waals surface area contributed by atoms with Crippen LogP contribution < -0.4 is 5.32 Å². The fourth-order valence-corrected chi connectivity index (χ4v) is 3.55. The van der Waals surface area contributed by atoms with E-state index >= 15 is 0 Å². The maximum Gasteiger partial charge on any atom is 0.303 e. The summed E-state index contributed by atoms with van der Waals surface area (Å²) < 4.78 is 0.